The van der Waals surface area contributed by atoms with Crippen molar-refractivity contribution in [1.29, 1.82) is 0 Å². The van der Waals surface area contributed by atoms with Gasteiger partial charge < -0.3 is 10.6 Å². The summed E-state index contributed by atoms with van der Waals surface area (Å²) in [4.78, 5) is 25.2. The van der Waals surface area contributed by atoms with E-state index in [1.165, 1.54) is 5.56 Å². The molecular formula is C28H29ClN2O2. The van der Waals surface area contributed by atoms with E-state index >= 15 is 0 Å². The zero-order chi connectivity index (χ0) is 23.4. The minimum atomic E-state index is -0.184. The van der Waals surface area contributed by atoms with Gasteiger partial charge in [-0.3, -0.25) is 9.59 Å². The summed E-state index contributed by atoms with van der Waals surface area (Å²) in [5.41, 5.74) is 3.38. The third kappa shape index (κ3) is 5.45. The quantitative estimate of drug-likeness (QED) is 0.578. The van der Waals surface area contributed by atoms with E-state index in [0.717, 1.165) is 17.5 Å². The van der Waals surface area contributed by atoms with Crippen molar-refractivity contribution in [2.75, 3.05) is 0 Å². The number of carbonyl (C=O) groups excluding carboxylic acids is 2. The first-order valence-corrected chi connectivity index (χ1v) is 11.7. The molecule has 1 fully saturated rings. The van der Waals surface area contributed by atoms with E-state index in [9.17, 15) is 9.59 Å². The van der Waals surface area contributed by atoms with Crippen molar-refractivity contribution in [1.82, 2.24) is 10.6 Å². The van der Waals surface area contributed by atoms with Gasteiger partial charge in [-0.1, -0.05) is 85.0 Å². The minimum Gasteiger partial charge on any atom is -0.353 e. The second kappa shape index (κ2) is 10.2. The van der Waals surface area contributed by atoms with Crippen LogP contribution in [0.2, 0.25) is 5.02 Å². The van der Waals surface area contributed by atoms with E-state index in [-0.39, 0.29) is 48.1 Å². The fourth-order valence-electron chi connectivity index (χ4n) is 4.78. The van der Waals surface area contributed by atoms with Gasteiger partial charge in [0.2, 0.25) is 11.8 Å². The molecule has 4 nitrogen and oxygen atoms in total. The molecule has 2 N–H and O–H groups in total. The summed E-state index contributed by atoms with van der Waals surface area (Å²) in [6.07, 6.45) is 10.6. The van der Waals surface area contributed by atoms with Gasteiger partial charge in [0, 0.05) is 35.4 Å². The highest BCUT2D eigenvalue weighted by molar-refractivity contribution is 6.30. The molecule has 1 heterocycles. The molecule has 5 heteroatoms. The molecule has 1 saturated heterocycles. The number of rotatable bonds is 8. The second-order valence-corrected chi connectivity index (χ2v) is 9.29. The number of benzene rings is 2. The molecule has 2 amide bonds. The van der Waals surface area contributed by atoms with E-state index in [0.29, 0.717) is 5.02 Å². The average molecular weight is 461 g/mol. The number of halogens is 1. The average Bonchev–Trinajstić information content (AvgIpc) is 3.13. The van der Waals surface area contributed by atoms with Crippen LogP contribution in [-0.2, 0) is 16.0 Å². The van der Waals surface area contributed by atoms with Crippen LogP contribution in [0, 0.1) is 11.8 Å². The van der Waals surface area contributed by atoms with E-state index in [4.69, 9.17) is 11.6 Å². The van der Waals surface area contributed by atoms with Crippen molar-refractivity contribution in [3.05, 3.63) is 101 Å². The maximum atomic E-state index is 13.0. The van der Waals surface area contributed by atoms with Crippen molar-refractivity contribution in [2.45, 2.75) is 37.8 Å². The first-order chi connectivity index (χ1) is 15.9. The van der Waals surface area contributed by atoms with Gasteiger partial charge in [-0.05, 0) is 42.2 Å². The van der Waals surface area contributed by atoms with Crippen LogP contribution in [0.3, 0.4) is 0 Å². The zero-order valence-electron chi connectivity index (χ0n) is 18.7. The number of hydrogen-bond donors (Lipinski definition) is 2. The molecule has 0 radical (unpaired) electrons. The van der Waals surface area contributed by atoms with Crippen molar-refractivity contribution < 1.29 is 9.59 Å². The summed E-state index contributed by atoms with van der Waals surface area (Å²) in [6.45, 7) is 5.85. The Morgan fingerprint density at radius 2 is 1.82 bits per heavy atom. The Morgan fingerprint density at radius 1 is 1.12 bits per heavy atom. The summed E-state index contributed by atoms with van der Waals surface area (Å²) >= 11 is 6.11. The van der Waals surface area contributed by atoms with Gasteiger partial charge in [0.1, 0.15) is 0 Å². The first-order valence-electron chi connectivity index (χ1n) is 11.4. The van der Waals surface area contributed by atoms with Crippen LogP contribution >= 0.6 is 11.6 Å². The maximum absolute atomic E-state index is 13.0. The Kier molecular flexibility index (Phi) is 7.14. The predicted molar refractivity (Wildman–Crippen MR) is 134 cm³/mol. The van der Waals surface area contributed by atoms with Crippen molar-refractivity contribution in [3.8, 4) is 0 Å². The first kappa shape index (κ1) is 23.1. The number of hydrogen-bond acceptors (Lipinski definition) is 2. The molecule has 0 bridgehead atoms. The van der Waals surface area contributed by atoms with Crippen LogP contribution in [0.1, 0.15) is 36.0 Å². The van der Waals surface area contributed by atoms with Gasteiger partial charge >= 0.3 is 0 Å². The summed E-state index contributed by atoms with van der Waals surface area (Å²) in [7, 11) is 0. The van der Waals surface area contributed by atoms with E-state index in [1.54, 1.807) is 0 Å². The molecule has 5 atom stereocenters. The van der Waals surface area contributed by atoms with E-state index in [2.05, 4.69) is 41.5 Å². The topological polar surface area (TPSA) is 58.2 Å². The lowest BCUT2D eigenvalue weighted by atomic mass is 9.85. The lowest BCUT2D eigenvalue weighted by Crippen LogP contribution is -2.41. The van der Waals surface area contributed by atoms with Crippen LogP contribution in [0.25, 0.3) is 6.08 Å². The summed E-state index contributed by atoms with van der Waals surface area (Å²) in [5, 5.41) is 6.87. The van der Waals surface area contributed by atoms with E-state index in [1.807, 2.05) is 61.6 Å². The highest BCUT2D eigenvalue weighted by Crippen LogP contribution is 2.31. The Balaban J connectivity index is 1.46. The highest BCUT2D eigenvalue weighted by Gasteiger charge is 2.40. The monoisotopic (exact) mass is 460 g/mol. The van der Waals surface area contributed by atoms with Gasteiger partial charge in [-0.25, -0.2) is 0 Å². The van der Waals surface area contributed by atoms with Crippen molar-refractivity contribution >= 4 is 29.5 Å². The number of carbonyl (C=O) groups is 2. The molecule has 4 rings (SSSR count). The number of amides is 2. The molecule has 2 aromatic carbocycles. The fourth-order valence-corrected chi connectivity index (χ4v) is 4.91. The zero-order valence-corrected chi connectivity index (χ0v) is 19.5. The summed E-state index contributed by atoms with van der Waals surface area (Å²) in [5.74, 6) is -0.139. The fraction of sp³-hybridized carbons (Fsp3) is 0.286. The van der Waals surface area contributed by atoms with Crippen LogP contribution in [-0.4, -0.2) is 23.9 Å². The number of allylic oxidation sites excluding steroid dienone is 2. The van der Waals surface area contributed by atoms with E-state index < -0.39 is 0 Å². The van der Waals surface area contributed by atoms with Crippen LogP contribution < -0.4 is 10.6 Å². The summed E-state index contributed by atoms with van der Waals surface area (Å²) in [6, 6.07) is 15.8. The van der Waals surface area contributed by atoms with Crippen LogP contribution in [0.4, 0.5) is 0 Å². The number of fused-ring (bicyclic) bond motifs is 1. The molecule has 0 spiro atoms. The summed E-state index contributed by atoms with van der Waals surface area (Å²) < 4.78 is 0. The highest BCUT2D eigenvalue weighted by atomic mass is 35.5. The molecule has 1 aliphatic carbocycles. The Hall–Kier alpha value is -3.11. The molecule has 1 aliphatic heterocycles. The Morgan fingerprint density at radius 3 is 2.52 bits per heavy atom. The second-order valence-electron chi connectivity index (χ2n) is 8.86. The van der Waals surface area contributed by atoms with Crippen LogP contribution in [0.15, 0.2) is 79.4 Å². The molecule has 2 aliphatic rings. The van der Waals surface area contributed by atoms with Gasteiger partial charge in [0.05, 0.1) is 5.92 Å². The molecule has 3 unspecified atom stereocenters. The minimum absolute atomic E-state index is 0.00606. The SMILES string of the molecule is C=Cc1ccc(C[C@H](c2ccc(Cl)cc2)[C@@H](C)NC(=O)CC2NC(=O)C3C=CC=CC23)cc1. The van der Waals surface area contributed by atoms with Gasteiger partial charge in [-0.2, -0.15) is 0 Å². The molecule has 0 aromatic heterocycles. The van der Waals surface area contributed by atoms with Crippen molar-refractivity contribution in [2.24, 2.45) is 11.8 Å². The van der Waals surface area contributed by atoms with Crippen LogP contribution in [0.5, 0.6) is 0 Å². The Labute approximate surface area is 200 Å². The third-order valence-electron chi connectivity index (χ3n) is 6.64. The standard InChI is InChI=1S/C28H29ClN2O2/c1-3-19-8-10-20(11-9-19)16-25(21-12-14-22(29)15-13-21)18(2)30-27(32)17-26-23-6-4-5-7-24(23)28(33)31-26/h3-15,18,23-26H,1,16-17H2,2H3,(H,30,32)(H,31,33)/t18-,23?,24?,25+,26?/m1/s1. The van der Waals surface area contributed by atoms with Gasteiger partial charge in [0.25, 0.3) is 0 Å². The van der Waals surface area contributed by atoms with Gasteiger partial charge in [0.15, 0.2) is 0 Å². The maximum Gasteiger partial charge on any atom is 0.227 e. The third-order valence-corrected chi connectivity index (χ3v) is 6.89. The number of nitrogens with one attached hydrogen (secondary N) is 2. The largest absolute Gasteiger partial charge is 0.353 e. The molecule has 33 heavy (non-hydrogen) atoms. The molecule has 0 saturated carbocycles. The normalized spacial score (nSPS) is 22.8. The lowest BCUT2D eigenvalue weighted by Gasteiger charge is -2.27. The molecule has 2 aromatic rings. The van der Waals surface area contributed by atoms with Crippen molar-refractivity contribution in [3.63, 3.8) is 0 Å². The Bertz CT molecular complexity index is 1070. The lowest BCUT2D eigenvalue weighted by molar-refractivity contribution is -0.122. The molecular weight excluding hydrogens is 432 g/mol. The predicted octanol–water partition coefficient (Wildman–Crippen LogP) is 5.06. The smallest absolute Gasteiger partial charge is 0.227 e. The van der Waals surface area contributed by atoms with Gasteiger partial charge in [-0.15, -0.1) is 0 Å². The molecule has 170 valence electrons.